The molecule has 0 unspecified atom stereocenters. The first-order chi connectivity index (χ1) is 11.8. The van der Waals surface area contributed by atoms with Crippen LogP contribution in [0.1, 0.15) is 45.4 Å². The molecule has 1 heterocycles. The molecule has 1 saturated heterocycles. The van der Waals surface area contributed by atoms with E-state index in [1.807, 2.05) is 0 Å². The van der Waals surface area contributed by atoms with Gasteiger partial charge in [0.15, 0.2) is 0 Å². The molecule has 8 heteroatoms. The maximum atomic E-state index is 12.3. The largest absolute Gasteiger partial charge is 0.339 e. The van der Waals surface area contributed by atoms with Crippen LogP contribution >= 0.6 is 0 Å². The minimum Gasteiger partial charge on any atom is -0.339 e. The van der Waals surface area contributed by atoms with Crippen molar-refractivity contribution in [2.75, 3.05) is 31.9 Å². The Bertz CT molecular complexity index is 601. The van der Waals surface area contributed by atoms with Crippen LogP contribution in [0.5, 0.6) is 0 Å². The molecule has 3 fully saturated rings. The number of nitrogens with one attached hydrogen (secondary N) is 1. The lowest BCUT2D eigenvalue weighted by molar-refractivity contribution is -0.139. The summed E-state index contributed by atoms with van der Waals surface area (Å²) in [6, 6.07) is -0.0398. The van der Waals surface area contributed by atoms with Gasteiger partial charge in [0.2, 0.25) is 21.8 Å². The SMILES string of the molecule is CC1CCC(NS(=O)(=O)CC(=O)N2CCN(C(=O)C3CC3)CC2)CC1. The molecule has 25 heavy (non-hydrogen) atoms. The van der Waals surface area contributed by atoms with Crippen LogP contribution in [0.2, 0.25) is 0 Å². The number of hydrogen-bond donors (Lipinski definition) is 1. The van der Waals surface area contributed by atoms with Gasteiger partial charge in [0.1, 0.15) is 5.75 Å². The Balaban J connectivity index is 1.44. The van der Waals surface area contributed by atoms with Crippen LogP contribution in [0.25, 0.3) is 0 Å². The number of piperazine rings is 1. The fourth-order valence-electron chi connectivity index (χ4n) is 3.69. The second-order valence-electron chi connectivity index (χ2n) is 7.81. The van der Waals surface area contributed by atoms with Crippen molar-refractivity contribution >= 4 is 21.8 Å². The van der Waals surface area contributed by atoms with Gasteiger partial charge in [-0.25, -0.2) is 13.1 Å². The van der Waals surface area contributed by atoms with E-state index in [1.54, 1.807) is 9.80 Å². The van der Waals surface area contributed by atoms with Crippen LogP contribution in [0, 0.1) is 11.8 Å². The van der Waals surface area contributed by atoms with Crippen LogP contribution in [-0.4, -0.2) is 68.0 Å². The molecular weight excluding hydrogens is 342 g/mol. The zero-order valence-corrected chi connectivity index (χ0v) is 15.8. The Hall–Kier alpha value is -1.15. The molecule has 2 saturated carbocycles. The fourth-order valence-corrected chi connectivity index (χ4v) is 5.03. The van der Waals surface area contributed by atoms with Gasteiger partial charge in [0, 0.05) is 38.1 Å². The minimum atomic E-state index is -3.60. The lowest BCUT2D eigenvalue weighted by Crippen LogP contribution is -2.53. The Morgan fingerprint density at radius 1 is 0.920 bits per heavy atom. The lowest BCUT2D eigenvalue weighted by atomic mass is 9.88. The van der Waals surface area contributed by atoms with E-state index < -0.39 is 15.8 Å². The Kier molecular flexibility index (Phi) is 5.68. The molecule has 0 aromatic heterocycles. The molecule has 2 amide bonds. The third kappa shape index (κ3) is 5.17. The highest BCUT2D eigenvalue weighted by Gasteiger charge is 2.35. The average Bonchev–Trinajstić information content (AvgIpc) is 3.41. The smallest absolute Gasteiger partial charge is 0.239 e. The monoisotopic (exact) mass is 371 g/mol. The molecule has 1 N–H and O–H groups in total. The summed E-state index contributed by atoms with van der Waals surface area (Å²) >= 11 is 0. The summed E-state index contributed by atoms with van der Waals surface area (Å²) in [5, 5.41) is 0. The predicted molar refractivity (Wildman–Crippen MR) is 94.2 cm³/mol. The van der Waals surface area contributed by atoms with E-state index in [4.69, 9.17) is 0 Å². The summed E-state index contributed by atoms with van der Waals surface area (Å²) in [6.07, 6.45) is 5.69. The van der Waals surface area contributed by atoms with Gasteiger partial charge < -0.3 is 9.80 Å². The van der Waals surface area contributed by atoms with Gasteiger partial charge in [-0.15, -0.1) is 0 Å². The van der Waals surface area contributed by atoms with Crippen LogP contribution in [0.3, 0.4) is 0 Å². The quantitative estimate of drug-likeness (QED) is 0.765. The molecule has 0 spiro atoms. The van der Waals surface area contributed by atoms with Gasteiger partial charge in [-0.3, -0.25) is 9.59 Å². The maximum absolute atomic E-state index is 12.3. The topological polar surface area (TPSA) is 86.8 Å². The number of rotatable bonds is 5. The molecule has 0 aromatic rings. The van der Waals surface area contributed by atoms with E-state index in [1.165, 1.54) is 0 Å². The van der Waals surface area contributed by atoms with Crippen LogP contribution < -0.4 is 4.72 Å². The number of hydrogen-bond acceptors (Lipinski definition) is 4. The van der Waals surface area contributed by atoms with Gasteiger partial charge in [-0.05, 0) is 44.4 Å². The first kappa shape index (κ1) is 18.6. The standard InChI is InChI=1S/C17H29N3O4S/c1-13-2-6-15(7-3-13)18-25(23,24)12-16(21)19-8-10-20(11-9-19)17(22)14-4-5-14/h13-15,18H,2-12H2,1H3. The zero-order chi connectivity index (χ0) is 18.0. The summed E-state index contributed by atoms with van der Waals surface area (Å²) in [7, 11) is -3.60. The van der Waals surface area contributed by atoms with Crippen molar-refractivity contribution in [3.8, 4) is 0 Å². The first-order valence-corrected chi connectivity index (χ1v) is 11.1. The lowest BCUT2D eigenvalue weighted by Gasteiger charge is -2.35. The first-order valence-electron chi connectivity index (χ1n) is 9.40. The number of carbonyl (C=O) groups is 2. The molecule has 0 radical (unpaired) electrons. The van der Waals surface area contributed by atoms with E-state index >= 15 is 0 Å². The van der Waals surface area contributed by atoms with Crippen molar-refractivity contribution < 1.29 is 18.0 Å². The zero-order valence-electron chi connectivity index (χ0n) is 14.9. The van der Waals surface area contributed by atoms with Crippen molar-refractivity contribution in [2.24, 2.45) is 11.8 Å². The van der Waals surface area contributed by atoms with E-state index in [9.17, 15) is 18.0 Å². The molecule has 142 valence electrons. The van der Waals surface area contributed by atoms with Crippen molar-refractivity contribution in [1.82, 2.24) is 14.5 Å². The normalized spacial score (nSPS) is 28.0. The fraction of sp³-hybridized carbons (Fsp3) is 0.882. The molecule has 0 atom stereocenters. The Labute approximate surface area is 150 Å². The highest BCUT2D eigenvalue weighted by molar-refractivity contribution is 7.90. The van der Waals surface area contributed by atoms with Crippen LogP contribution in [0.4, 0.5) is 0 Å². The van der Waals surface area contributed by atoms with E-state index in [0.29, 0.717) is 32.1 Å². The summed E-state index contributed by atoms with van der Waals surface area (Å²) < 4.78 is 27.3. The molecular formula is C17H29N3O4S. The minimum absolute atomic E-state index is 0.0398. The number of amides is 2. The number of nitrogens with zero attached hydrogens (tertiary/aromatic N) is 2. The van der Waals surface area contributed by atoms with Gasteiger partial charge >= 0.3 is 0 Å². The third-order valence-corrected chi connectivity index (χ3v) is 6.87. The molecule has 0 bridgehead atoms. The summed E-state index contributed by atoms with van der Waals surface area (Å²) in [4.78, 5) is 27.7. The molecule has 1 aliphatic heterocycles. The highest BCUT2D eigenvalue weighted by atomic mass is 32.2. The molecule has 3 aliphatic rings. The summed E-state index contributed by atoms with van der Waals surface area (Å²) in [5.74, 6) is 0.167. The van der Waals surface area contributed by atoms with Gasteiger partial charge in [-0.2, -0.15) is 0 Å². The molecule has 2 aliphatic carbocycles. The second kappa shape index (κ2) is 7.61. The van der Waals surface area contributed by atoms with E-state index in [0.717, 1.165) is 38.5 Å². The summed E-state index contributed by atoms with van der Waals surface area (Å²) in [6.45, 7) is 4.05. The van der Waals surface area contributed by atoms with Crippen LogP contribution in [-0.2, 0) is 19.6 Å². The molecule has 3 rings (SSSR count). The predicted octanol–water partition coefficient (Wildman–Crippen LogP) is 0.565. The van der Waals surface area contributed by atoms with Crippen molar-refractivity contribution in [2.45, 2.75) is 51.5 Å². The van der Waals surface area contributed by atoms with Gasteiger partial charge in [-0.1, -0.05) is 6.92 Å². The Morgan fingerprint density at radius 3 is 2.04 bits per heavy atom. The maximum Gasteiger partial charge on any atom is 0.239 e. The van der Waals surface area contributed by atoms with Crippen LogP contribution in [0.15, 0.2) is 0 Å². The van der Waals surface area contributed by atoms with Crippen molar-refractivity contribution in [3.05, 3.63) is 0 Å². The highest BCUT2D eigenvalue weighted by Crippen LogP contribution is 2.31. The second-order valence-corrected chi connectivity index (χ2v) is 9.57. The third-order valence-electron chi connectivity index (χ3n) is 5.55. The van der Waals surface area contributed by atoms with Gasteiger partial charge in [0.05, 0.1) is 0 Å². The number of carbonyl (C=O) groups excluding carboxylic acids is 2. The van der Waals surface area contributed by atoms with Crippen molar-refractivity contribution in [3.63, 3.8) is 0 Å². The Morgan fingerprint density at radius 2 is 1.48 bits per heavy atom. The van der Waals surface area contributed by atoms with Crippen molar-refractivity contribution in [1.29, 1.82) is 0 Å². The number of sulfonamides is 1. The van der Waals surface area contributed by atoms with E-state index in [-0.39, 0.29) is 23.8 Å². The molecule has 0 aromatic carbocycles. The van der Waals surface area contributed by atoms with Gasteiger partial charge in [0.25, 0.3) is 0 Å². The molecule has 7 nitrogen and oxygen atoms in total. The summed E-state index contributed by atoms with van der Waals surface area (Å²) in [5.41, 5.74) is 0. The van der Waals surface area contributed by atoms with E-state index in [2.05, 4.69) is 11.6 Å². The average molecular weight is 372 g/mol.